The highest BCUT2D eigenvalue weighted by Crippen LogP contribution is 2.59. The first kappa shape index (κ1) is 34.2. The van der Waals surface area contributed by atoms with Crippen LogP contribution in [0.1, 0.15) is 94.4 Å². The largest absolute Gasteiger partial charge is 0.394 e. The zero-order valence-corrected chi connectivity index (χ0v) is 28.5. The van der Waals surface area contributed by atoms with Crippen molar-refractivity contribution in [3.8, 4) is 0 Å². The number of carbonyl (C=O) groups is 1. The van der Waals surface area contributed by atoms with Gasteiger partial charge in [-0.2, -0.15) is 0 Å². The quantitative estimate of drug-likeness (QED) is 0.152. The lowest BCUT2D eigenvalue weighted by Gasteiger charge is -2.46. The number of hydrogen-bond donors (Lipinski definition) is 4. The summed E-state index contributed by atoms with van der Waals surface area (Å²) >= 11 is 3.21. The highest BCUT2D eigenvalue weighted by atomic mass is 32.1. The molecule has 2 bridgehead atoms. The van der Waals surface area contributed by atoms with Gasteiger partial charge in [-0.1, -0.05) is 36.8 Å². The van der Waals surface area contributed by atoms with Crippen LogP contribution < -0.4 is 0 Å². The van der Waals surface area contributed by atoms with E-state index in [4.69, 9.17) is 0 Å². The Kier molecular flexibility index (Phi) is 11.2. The first-order chi connectivity index (χ1) is 21.5. The highest BCUT2D eigenvalue weighted by Gasteiger charge is 2.57. The number of benzene rings is 1. The predicted molar refractivity (Wildman–Crippen MR) is 183 cm³/mol. The molecule has 1 aromatic carbocycles. The third-order valence-corrected chi connectivity index (χ3v) is 12.2. The number of carbonyl (C=O) groups excluding carboxylic acids is 1. The van der Waals surface area contributed by atoms with Gasteiger partial charge in [-0.15, -0.1) is 22.7 Å². The molecule has 0 saturated heterocycles. The zero-order chi connectivity index (χ0) is 32.2. The minimum atomic E-state index is -1.07. The van der Waals surface area contributed by atoms with Crippen molar-refractivity contribution in [1.29, 1.82) is 0 Å². The summed E-state index contributed by atoms with van der Waals surface area (Å²) in [6.07, 6.45) is 6.49. The Morgan fingerprint density at radius 3 is 2.67 bits per heavy atom. The lowest BCUT2D eigenvalue weighted by atomic mass is 9.64. The molecule has 6 nitrogen and oxygen atoms in total. The molecule has 2 aromatic heterocycles. The first-order valence-electron chi connectivity index (χ1n) is 16.3. The molecule has 0 amide bonds. The molecular formula is C37H49NO5S2. The molecule has 0 spiro atoms. The van der Waals surface area contributed by atoms with Crippen LogP contribution in [0, 0.1) is 12.3 Å². The van der Waals surface area contributed by atoms with Gasteiger partial charge in [0.1, 0.15) is 0 Å². The van der Waals surface area contributed by atoms with E-state index in [1.165, 1.54) is 21.8 Å². The number of thiophene rings is 2. The summed E-state index contributed by atoms with van der Waals surface area (Å²) in [4.78, 5) is 19.3. The van der Waals surface area contributed by atoms with Gasteiger partial charge >= 0.3 is 0 Å². The van der Waals surface area contributed by atoms with Crippen LogP contribution in [0.15, 0.2) is 59.5 Å². The third-order valence-electron chi connectivity index (χ3n) is 10.3. The number of nitrogens with zero attached hydrogens (tertiary/aromatic N) is 1. The number of aliphatic hydroxyl groups is 4. The molecule has 5 atom stereocenters. The van der Waals surface area contributed by atoms with Gasteiger partial charge in [0.05, 0.1) is 29.3 Å². The van der Waals surface area contributed by atoms with Gasteiger partial charge in [0.15, 0.2) is 0 Å². The molecule has 4 N–H and O–H groups in total. The maximum absolute atomic E-state index is 14.1. The van der Waals surface area contributed by atoms with E-state index in [1.807, 2.05) is 31.2 Å². The Bertz CT molecular complexity index is 1470. The maximum atomic E-state index is 14.1. The van der Waals surface area contributed by atoms with E-state index < -0.39 is 23.2 Å². The minimum Gasteiger partial charge on any atom is -0.394 e. The summed E-state index contributed by atoms with van der Waals surface area (Å²) in [6.45, 7) is 7.32. The molecule has 5 unspecified atom stereocenters. The molecule has 1 saturated carbocycles. The Hall–Kier alpha value is -2.17. The van der Waals surface area contributed by atoms with Crippen LogP contribution >= 0.6 is 22.7 Å². The van der Waals surface area contributed by atoms with Crippen molar-refractivity contribution in [2.24, 2.45) is 5.41 Å². The number of rotatable bonds is 10. The Labute approximate surface area is 276 Å². The number of aliphatic hydroxyl groups excluding tert-OH is 3. The summed E-state index contributed by atoms with van der Waals surface area (Å²) in [5.74, 6) is -0.0521. The normalized spacial score (nSPS) is 26.4. The van der Waals surface area contributed by atoms with Crippen LogP contribution in [0.5, 0.6) is 0 Å². The predicted octanol–water partition coefficient (Wildman–Crippen LogP) is 6.29. The molecule has 3 aliphatic carbocycles. The summed E-state index contributed by atoms with van der Waals surface area (Å²) in [5, 5.41) is 45.9. The number of fused-ring (bicyclic) bond motifs is 8. The molecule has 244 valence electrons. The van der Waals surface area contributed by atoms with Gasteiger partial charge < -0.3 is 20.4 Å². The second-order valence-corrected chi connectivity index (χ2v) is 15.9. The van der Waals surface area contributed by atoms with Crippen LogP contribution in [0.4, 0.5) is 0 Å². The summed E-state index contributed by atoms with van der Waals surface area (Å²) in [5.41, 5.74) is 2.22. The second-order valence-electron chi connectivity index (χ2n) is 13.6. The molecule has 3 aromatic rings. The SMILES string of the molecule is CC1=CCCC2(C)C(CCC2(O)CN(CCc2cccs2)CC(O)CO)c2ccc(cc2C(=O)c2ccc(C)s2)CC(O)CC1. The van der Waals surface area contributed by atoms with Crippen LogP contribution in [0.25, 0.3) is 0 Å². The van der Waals surface area contributed by atoms with E-state index in [-0.39, 0.29) is 24.9 Å². The van der Waals surface area contributed by atoms with Gasteiger partial charge in [-0.05, 0) is 112 Å². The van der Waals surface area contributed by atoms with E-state index in [9.17, 15) is 25.2 Å². The monoisotopic (exact) mass is 651 g/mol. The Morgan fingerprint density at radius 1 is 1.13 bits per heavy atom. The first-order valence-corrected chi connectivity index (χ1v) is 18.0. The fraction of sp³-hybridized carbons (Fsp3) is 0.541. The molecule has 6 rings (SSSR count). The molecule has 3 aliphatic rings. The van der Waals surface area contributed by atoms with Gasteiger partial charge in [-0.25, -0.2) is 0 Å². The molecule has 2 heterocycles. The zero-order valence-electron chi connectivity index (χ0n) is 26.9. The minimum absolute atomic E-state index is 0.00343. The lowest BCUT2D eigenvalue weighted by molar-refractivity contribution is -0.0889. The summed E-state index contributed by atoms with van der Waals surface area (Å²) in [6, 6.07) is 14.2. The number of aryl methyl sites for hydroxylation is 1. The van der Waals surface area contributed by atoms with E-state index in [0.29, 0.717) is 42.8 Å². The third kappa shape index (κ3) is 7.87. The molecular weight excluding hydrogens is 603 g/mol. The lowest BCUT2D eigenvalue weighted by Crippen LogP contribution is -2.54. The smallest absolute Gasteiger partial charge is 0.203 e. The van der Waals surface area contributed by atoms with E-state index in [0.717, 1.165) is 48.1 Å². The van der Waals surface area contributed by atoms with Crippen molar-refractivity contribution >= 4 is 28.5 Å². The van der Waals surface area contributed by atoms with E-state index in [1.54, 1.807) is 11.3 Å². The van der Waals surface area contributed by atoms with Gasteiger partial charge in [-0.3, -0.25) is 9.69 Å². The maximum Gasteiger partial charge on any atom is 0.203 e. The average Bonchev–Trinajstić information content (AvgIpc) is 3.75. The number of allylic oxidation sites excluding steroid dienone is 2. The summed E-state index contributed by atoms with van der Waals surface area (Å²) < 4.78 is 0. The Balaban J connectivity index is 1.55. The topological polar surface area (TPSA) is 101 Å². The van der Waals surface area contributed by atoms with Crippen molar-refractivity contribution < 1.29 is 25.2 Å². The molecule has 8 heteroatoms. The van der Waals surface area contributed by atoms with Crippen molar-refractivity contribution in [3.63, 3.8) is 0 Å². The van der Waals surface area contributed by atoms with Gasteiger partial charge in [0.25, 0.3) is 0 Å². The van der Waals surface area contributed by atoms with Crippen molar-refractivity contribution in [1.82, 2.24) is 4.90 Å². The Morgan fingerprint density at radius 2 is 1.96 bits per heavy atom. The fourth-order valence-corrected chi connectivity index (χ4v) is 9.09. The van der Waals surface area contributed by atoms with Crippen LogP contribution in [0.3, 0.4) is 0 Å². The standard InChI is InChI=1S/C37H49NO5S2/c1-25-6-4-16-36(3)33(14-17-37(36,43)24-38(22-29(41)23-39)18-15-30-7-5-19-44-30)31-12-10-27(20-28(40)11-8-25)21-32(31)35(42)34-13-9-26(2)45-34/h5-7,9-10,12-13,19,21,28-29,33,39-41,43H,4,8,11,14-18,20,22-24H2,1-3H3. The van der Waals surface area contributed by atoms with Crippen LogP contribution in [0.2, 0.25) is 0 Å². The van der Waals surface area contributed by atoms with Crippen molar-refractivity contribution in [3.05, 3.63) is 90.8 Å². The molecule has 0 aliphatic heterocycles. The van der Waals surface area contributed by atoms with Gasteiger partial charge in [0, 0.05) is 40.4 Å². The second kappa shape index (κ2) is 14.7. The van der Waals surface area contributed by atoms with Crippen molar-refractivity contribution in [2.75, 3.05) is 26.2 Å². The molecule has 0 radical (unpaired) electrons. The summed E-state index contributed by atoms with van der Waals surface area (Å²) in [7, 11) is 0. The number of hydrogen-bond acceptors (Lipinski definition) is 8. The fourth-order valence-electron chi connectivity index (χ4n) is 7.57. The van der Waals surface area contributed by atoms with Crippen LogP contribution in [-0.2, 0) is 12.8 Å². The van der Waals surface area contributed by atoms with Gasteiger partial charge in [0.2, 0.25) is 5.78 Å². The molecule has 45 heavy (non-hydrogen) atoms. The highest BCUT2D eigenvalue weighted by molar-refractivity contribution is 7.14. The van der Waals surface area contributed by atoms with Crippen molar-refractivity contribution in [2.45, 2.75) is 95.9 Å². The van der Waals surface area contributed by atoms with E-state index in [2.05, 4.69) is 48.4 Å². The number of ketones is 1. The van der Waals surface area contributed by atoms with E-state index >= 15 is 0 Å². The average molecular weight is 652 g/mol. The molecule has 1 fully saturated rings. The van der Waals surface area contributed by atoms with Crippen LogP contribution in [-0.4, -0.2) is 75.2 Å².